The average Bonchev–Trinajstić information content (AvgIpc) is 2.91. The van der Waals surface area contributed by atoms with Crippen molar-refractivity contribution >= 4 is 22.9 Å². The van der Waals surface area contributed by atoms with Crippen LogP contribution in [0.1, 0.15) is 11.1 Å². The predicted molar refractivity (Wildman–Crippen MR) is 90.2 cm³/mol. The van der Waals surface area contributed by atoms with E-state index < -0.39 is 0 Å². The summed E-state index contributed by atoms with van der Waals surface area (Å²) < 4.78 is 5.82. The lowest BCUT2D eigenvalue weighted by atomic mass is 10.2. The van der Waals surface area contributed by atoms with Crippen molar-refractivity contribution in [3.8, 4) is 5.75 Å². The van der Waals surface area contributed by atoms with Gasteiger partial charge in [-0.2, -0.15) is 0 Å². The van der Waals surface area contributed by atoms with Crippen LogP contribution < -0.4 is 15.4 Å². The van der Waals surface area contributed by atoms with E-state index in [1.165, 1.54) is 11.3 Å². The van der Waals surface area contributed by atoms with E-state index in [4.69, 9.17) is 22.7 Å². The predicted octanol–water partition coefficient (Wildman–Crippen LogP) is 2.76. The van der Waals surface area contributed by atoms with Crippen molar-refractivity contribution in [2.24, 2.45) is 5.73 Å². The Balaban J connectivity index is 1.58. The Morgan fingerprint density at radius 1 is 1.19 bits per heavy atom. The Morgan fingerprint density at radius 2 is 2.05 bits per heavy atom. The average molecular weight is 298 g/mol. The molecule has 1 aliphatic rings. The molecule has 0 amide bonds. The van der Waals surface area contributed by atoms with Gasteiger partial charge in [0.05, 0.1) is 6.54 Å². The molecule has 1 aliphatic heterocycles. The summed E-state index contributed by atoms with van der Waals surface area (Å²) in [5.74, 6) is 0.813. The monoisotopic (exact) mass is 298 g/mol. The summed E-state index contributed by atoms with van der Waals surface area (Å²) in [6.45, 7) is 2.60. The maximum atomic E-state index is 5.82. The summed E-state index contributed by atoms with van der Waals surface area (Å²) in [5, 5.41) is 0. The van der Waals surface area contributed by atoms with E-state index in [1.54, 1.807) is 0 Å². The number of thiocarbonyl (C=S) groups is 1. The maximum absolute atomic E-state index is 5.82. The fourth-order valence-electron chi connectivity index (χ4n) is 2.65. The molecule has 0 atom stereocenters. The van der Waals surface area contributed by atoms with E-state index in [1.807, 2.05) is 24.3 Å². The first kappa shape index (κ1) is 13.9. The van der Waals surface area contributed by atoms with Gasteiger partial charge >= 0.3 is 0 Å². The van der Waals surface area contributed by atoms with Crippen molar-refractivity contribution < 1.29 is 4.74 Å². The molecular formula is C17H18N2OS. The first-order valence-corrected chi connectivity index (χ1v) is 7.50. The van der Waals surface area contributed by atoms with E-state index in [9.17, 15) is 0 Å². The van der Waals surface area contributed by atoms with Gasteiger partial charge in [-0.3, -0.25) is 0 Å². The van der Waals surface area contributed by atoms with Crippen molar-refractivity contribution in [1.29, 1.82) is 0 Å². The molecule has 2 aromatic rings. The van der Waals surface area contributed by atoms with Crippen LogP contribution in [-0.2, 0) is 6.42 Å². The zero-order valence-electron chi connectivity index (χ0n) is 11.8. The van der Waals surface area contributed by atoms with E-state index >= 15 is 0 Å². The Labute approximate surface area is 130 Å². The zero-order valence-corrected chi connectivity index (χ0v) is 12.6. The van der Waals surface area contributed by atoms with Crippen LogP contribution in [0.5, 0.6) is 5.75 Å². The Kier molecular flexibility index (Phi) is 4.06. The van der Waals surface area contributed by atoms with Gasteiger partial charge in [-0.05, 0) is 30.2 Å². The van der Waals surface area contributed by atoms with E-state index in [-0.39, 0.29) is 0 Å². The minimum Gasteiger partial charge on any atom is -0.492 e. The molecule has 21 heavy (non-hydrogen) atoms. The molecule has 0 aromatic heterocycles. The third-order valence-electron chi connectivity index (χ3n) is 3.73. The topological polar surface area (TPSA) is 38.5 Å². The van der Waals surface area contributed by atoms with Crippen LogP contribution in [0.15, 0.2) is 48.5 Å². The van der Waals surface area contributed by atoms with Gasteiger partial charge in [0.25, 0.3) is 0 Å². The molecule has 0 radical (unpaired) electrons. The van der Waals surface area contributed by atoms with Gasteiger partial charge in [-0.25, -0.2) is 0 Å². The number of anilines is 1. The summed E-state index contributed by atoms with van der Waals surface area (Å²) in [7, 11) is 0. The molecule has 0 saturated carbocycles. The second kappa shape index (κ2) is 6.14. The van der Waals surface area contributed by atoms with Crippen LogP contribution in [0.25, 0.3) is 0 Å². The highest BCUT2D eigenvalue weighted by Gasteiger charge is 2.17. The smallest absolute Gasteiger partial charge is 0.120 e. The van der Waals surface area contributed by atoms with Gasteiger partial charge < -0.3 is 15.4 Å². The van der Waals surface area contributed by atoms with Crippen LogP contribution in [0.4, 0.5) is 5.69 Å². The van der Waals surface area contributed by atoms with Gasteiger partial charge in [0.2, 0.25) is 0 Å². The number of fused-ring (bicyclic) bond motifs is 1. The number of ether oxygens (including phenoxy) is 1. The third-order valence-corrected chi connectivity index (χ3v) is 3.97. The van der Waals surface area contributed by atoms with Crippen molar-refractivity contribution in [3.63, 3.8) is 0 Å². The SMILES string of the molecule is NC(=S)c1cccc(OCCN2CCc3ccccc32)c1. The van der Waals surface area contributed by atoms with Gasteiger partial charge in [0.15, 0.2) is 0 Å². The lowest BCUT2D eigenvalue weighted by Crippen LogP contribution is -2.26. The third kappa shape index (κ3) is 3.16. The van der Waals surface area contributed by atoms with E-state index in [0.29, 0.717) is 11.6 Å². The quantitative estimate of drug-likeness (QED) is 0.862. The molecule has 0 unspecified atom stereocenters. The summed E-state index contributed by atoms with van der Waals surface area (Å²) in [6.07, 6.45) is 1.12. The van der Waals surface area contributed by atoms with Crippen LogP contribution >= 0.6 is 12.2 Å². The minimum absolute atomic E-state index is 0.397. The van der Waals surface area contributed by atoms with Crippen molar-refractivity contribution in [2.45, 2.75) is 6.42 Å². The maximum Gasteiger partial charge on any atom is 0.120 e. The van der Waals surface area contributed by atoms with Crippen molar-refractivity contribution in [3.05, 3.63) is 59.7 Å². The molecule has 0 aliphatic carbocycles. The molecular weight excluding hydrogens is 280 g/mol. The molecule has 0 bridgehead atoms. The fraction of sp³-hybridized carbons (Fsp3) is 0.235. The number of benzene rings is 2. The molecule has 2 N–H and O–H groups in total. The molecule has 2 aromatic carbocycles. The number of hydrogen-bond acceptors (Lipinski definition) is 3. The lowest BCUT2D eigenvalue weighted by molar-refractivity contribution is 0.324. The molecule has 4 heteroatoms. The number of para-hydroxylation sites is 1. The van der Waals surface area contributed by atoms with Crippen LogP contribution in [0, 0.1) is 0 Å². The highest BCUT2D eigenvalue weighted by atomic mass is 32.1. The first-order valence-electron chi connectivity index (χ1n) is 7.09. The van der Waals surface area contributed by atoms with Crippen molar-refractivity contribution in [1.82, 2.24) is 0 Å². The standard InChI is InChI=1S/C17H18N2OS/c18-17(21)14-5-3-6-15(12-14)20-11-10-19-9-8-13-4-1-2-7-16(13)19/h1-7,12H,8-11H2,(H2,18,21). The lowest BCUT2D eigenvalue weighted by Gasteiger charge is -2.19. The van der Waals surface area contributed by atoms with E-state index in [0.717, 1.165) is 30.8 Å². The second-order valence-corrected chi connectivity index (χ2v) is 5.55. The number of hydrogen-bond donors (Lipinski definition) is 1. The van der Waals surface area contributed by atoms with Gasteiger partial charge in [-0.15, -0.1) is 0 Å². The Hall–Kier alpha value is -2.07. The Bertz CT molecular complexity index is 657. The molecule has 0 saturated heterocycles. The summed E-state index contributed by atoms with van der Waals surface area (Å²) >= 11 is 4.98. The summed E-state index contributed by atoms with van der Waals surface area (Å²) in [5.41, 5.74) is 9.23. The summed E-state index contributed by atoms with van der Waals surface area (Å²) in [6, 6.07) is 16.2. The number of nitrogens with zero attached hydrogens (tertiary/aromatic N) is 1. The number of nitrogens with two attached hydrogens (primary N) is 1. The highest BCUT2D eigenvalue weighted by Crippen LogP contribution is 2.26. The van der Waals surface area contributed by atoms with Gasteiger partial charge in [0, 0.05) is 17.8 Å². The fourth-order valence-corrected chi connectivity index (χ4v) is 2.78. The first-order chi connectivity index (χ1) is 10.2. The minimum atomic E-state index is 0.397. The molecule has 3 nitrogen and oxygen atoms in total. The van der Waals surface area contributed by atoms with E-state index in [2.05, 4.69) is 29.2 Å². The second-order valence-electron chi connectivity index (χ2n) is 5.11. The molecule has 0 fully saturated rings. The summed E-state index contributed by atoms with van der Waals surface area (Å²) in [4.78, 5) is 2.76. The Morgan fingerprint density at radius 3 is 2.90 bits per heavy atom. The highest BCUT2D eigenvalue weighted by molar-refractivity contribution is 7.80. The van der Waals surface area contributed by atoms with Gasteiger partial charge in [0.1, 0.15) is 17.3 Å². The normalized spacial score (nSPS) is 13.0. The largest absolute Gasteiger partial charge is 0.492 e. The molecule has 108 valence electrons. The van der Waals surface area contributed by atoms with Gasteiger partial charge in [-0.1, -0.05) is 42.5 Å². The molecule has 1 heterocycles. The number of rotatable bonds is 5. The van der Waals surface area contributed by atoms with Crippen LogP contribution in [0.2, 0.25) is 0 Å². The van der Waals surface area contributed by atoms with Crippen LogP contribution in [0.3, 0.4) is 0 Å². The van der Waals surface area contributed by atoms with Crippen molar-refractivity contribution in [2.75, 3.05) is 24.6 Å². The molecule has 3 rings (SSSR count). The van der Waals surface area contributed by atoms with Crippen LogP contribution in [-0.4, -0.2) is 24.7 Å². The molecule has 0 spiro atoms. The zero-order chi connectivity index (χ0) is 14.7.